The fourth-order valence-electron chi connectivity index (χ4n) is 4.53. The summed E-state index contributed by atoms with van der Waals surface area (Å²) in [6, 6.07) is 20.1. The number of furan rings is 1. The molecular formula is C27H19NO7. The van der Waals surface area contributed by atoms with Crippen LogP contribution in [0.4, 0.5) is 5.69 Å². The van der Waals surface area contributed by atoms with Crippen molar-refractivity contribution in [3.8, 4) is 17.2 Å². The highest BCUT2D eigenvalue weighted by molar-refractivity contribution is 6.20. The minimum Gasteiger partial charge on any atom is -0.503 e. The second-order valence-electron chi connectivity index (χ2n) is 8.11. The van der Waals surface area contributed by atoms with Crippen LogP contribution in [0.3, 0.4) is 0 Å². The molecule has 0 saturated carbocycles. The van der Waals surface area contributed by atoms with Crippen LogP contribution in [-0.4, -0.2) is 30.7 Å². The topological polar surface area (TPSA) is 98.4 Å². The van der Waals surface area contributed by atoms with E-state index in [0.29, 0.717) is 39.5 Å². The molecule has 3 heterocycles. The van der Waals surface area contributed by atoms with Crippen molar-refractivity contribution in [1.29, 1.82) is 0 Å². The molecule has 2 aliphatic rings. The van der Waals surface area contributed by atoms with Crippen LogP contribution < -0.4 is 19.1 Å². The van der Waals surface area contributed by atoms with Gasteiger partial charge in [0.15, 0.2) is 34.4 Å². The number of aliphatic hydroxyl groups excluding tert-OH is 1. The van der Waals surface area contributed by atoms with Gasteiger partial charge >= 0.3 is 0 Å². The third kappa shape index (κ3) is 3.22. The molecule has 35 heavy (non-hydrogen) atoms. The Morgan fingerprint density at radius 1 is 1.00 bits per heavy atom. The van der Waals surface area contributed by atoms with Crippen LogP contribution in [0.25, 0.3) is 11.0 Å². The molecule has 1 atom stereocenters. The normalized spacial score (nSPS) is 16.9. The summed E-state index contributed by atoms with van der Waals surface area (Å²) in [5.74, 6) is -0.418. The lowest BCUT2D eigenvalue weighted by atomic mass is 9.94. The Morgan fingerprint density at radius 2 is 1.80 bits per heavy atom. The van der Waals surface area contributed by atoms with Gasteiger partial charge in [-0.3, -0.25) is 14.5 Å². The number of hydrogen-bond acceptors (Lipinski definition) is 7. The number of para-hydroxylation sites is 1. The van der Waals surface area contributed by atoms with E-state index in [9.17, 15) is 14.7 Å². The van der Waals surface area contributed by atoms with Gasteiger partial charge in [-0.05, 0) is 29.8 Å². The number of hydrogen-bond donors (Lipinski definition) is 1. The van der Waals surface area contributed by atoms with Crippen LogP contribution in [-0.2, 0) is 4.79 Å². The molecule has 0 saturated heterocycles. The number of methoxy groups -OCH3 is 1. The number of carbonyl (C=O) groups is 2. The first-order valence-corrected chi connectivity index (χ1v) is 10.9. The van der Waals surface area contributed by atoms with Gasteiger partial charge < -0.3 is 23.7 Å². The third-order valence-corrected chi connectivity index (χ3v) is 6.15. The summed E-state index contributed by atoms with van der Waals surface area (Å²) in [6.07, 6.45) is 0. The Balaban J connectivity index is 1.48. The summed E-state index contributed by atoms with van der Waals surface area (Å²) in [5.41, 5.74) is 1.44. The Labute approximate surface area is 199 Å². The van der Waals surface area contributed by atoms with Gasteiger partial charge in [-0.15, -0.1) is 0 Å². The van der Waals surface area contributed by atoms with Crippen molar-refractivity contribution >= 4 is 28.3 Å². The number of ether oxygens (including phenoxy) is 3. The number of fused-ring (bicyclic) bond motifs is 2. The summed E-state index contributed by atoms with van der Waals surface area (Å²) in [6.45, 7) is 0.0810. The second kappa shape index (κ2) is 7.95. The maximum atomic E-state index is 13.7. The van der Waals surface area contributed by atoms with Crippen LogP contribution in [0, 0.1) is 0 Å². The van der Waals surface area contributed by atoms with Crippen molar-refractivity contribution in [1.82, 2.24) is 0 Å². The van der Waals surface area contributed by atoms with E-state index in [1.807, 2.05) is 6.07 Å². The number of rotatable bonds is 5. The SMILES string of the molecule is COc1cccc2cc(C(=O)C3=C(O)C(=O)N(c4ccc5c(c4)OCO5)C3c3ccccc3)oc12. The van der Waals surface area contributed by atoms with E-state index in [1.54, 1.807) is 66.7 Å². The Bertz CT molecular complexity index is 1520. The monoisotopic (exact) mass is 469 g/mol. The summed E-state index contributed by atoms with van der Waals surface area (Å²) < 4.78 is 22.0. The molecule has 1 amide bonds. The number of ketones is 1. The zero-order chi connectivity index (χ0) is 24.1. The summed E-state index contributed by atoms with van der Waals surface area (Å²) >= 11 is 0. The lowest BCUT2D eigenvalue weighted by Gasteiger charge is -2.26. The molecule has 1 unspecified atom stereocenters. The first-order chi connectivity index (χ1) is 17.1. The van der Waals surface area contributed by atoms with Crippen molar-refractivity contribution in [3.05, 3.63) is 95.5 Å². The van der Waals surface area contributed by atoms with Crippen molar-refractivity contribution < 1.29 is 33.3 Å². The molecule has 0 aliphatic carbocycles. The van der Waals surface area contributed by atoms with Gasteiger partial charge in [0.2, 0.25) is 12.6 Å². The van der Waals surface area contributed by atoms with Crippen LogP contribution in [0.5, 0.6) is 17.2 Å². The maximum absolute atomic E-state index is 13.7. The standard InChI is InChI=1S/C27H19NO7/c1-32-19-9-5-8-16-12-21(35-26(16)19)24(29)22-23(15-6-3-2-4-7-15)28(27(31)25(22)30)17-10-11-18-20(13-17)34-14-33-18/h2-13,23,30H,14H2,1H3. The molecule has 174 valence electrons. The summed E-state index contributed by atoms with van der Waals surface area (Å²) in [4.78, 5) is 28.5. The Hall–Kier alpha value is -4.72. The van der Waals surface area contributed by atoms with Gasteiger partial charge in [-0.25, -0.2) is 0 Å². The van der Waals surface area contributed by atoms with Gasteiger partial charge in [0.25, 0.3) is 5.91 Å². The highest BCUT2D eigenvalue weighted by Gasteiger charge is 2.45. The van der Waals surface area contributed by atoms with Crippen LogP contribution in [0.1, 0.15) is 22.2 Å². The molecule has 1 aromatic heterocycles. The van der Waals surface area contributed by atoms with E-state index in [1.165, 1.54) is 12.0 Å². The fraction of sp³-hybridized carbons (Fsp3) is 0.111. The lowest BCUT2D eigenvalue weighted by Crippen LogP contribution is -2.31. The third-order valence-electron chi connectivity index (χ3n) is 6.15. The first-order valence-electron chi connectivity index (χ1n) is 10.9. The minimum atomic E-state index is -0.883. The van der Waals surface area contributed by atoms with E-state index in [2.05, 4.69) is 0 Å². The van der Waals surface area contributed by atoms with Crippen molar-refractivity contribution in [3.63, 3.8) is 0 Å². The molecule has 0 radical (unpaired) electrons. The van der Waals surface area contributed by atoms with Gasteiger partial charge in [0.1, 0.15) is 0 Å². The first kappa shape index (κ1) is 20.9. The van der Waals surface area contributed by atoms with E-state index in [0.717, 1.165) is 0 Å². The number of nitrogens with zero attached hydrogens (tertiary/aromatic N) is 1. The van der Waals surface area contributed by atoms with E-state index in [4.69, 9.17) is 18.6 Å². The lowest BCUT2D eigenvalue weighted by molar-refractivity contribution is -0.117. The van der Waals surface area contributed by atoms with Gasteiger partial charge in [0.05, 0.1) is 18.7 Å². The predicted molar refractivity (Wildman–Crippen MR) is 126 cm³/mol. The van der Waals surface area contributed by atoms with Crippen molar-refractivity contribution in [2.45, 2.75) is 6.04 Å². The number of Topliss-reactive ketones (excluding diaryl/α,β-unsaturated/α-hetero) is 1. The van der Waals surface area contributed by atoms with Crippen molar-refractivity contribution in [2.75, 3.05) is 18.8 Å². The number of carbonyl (C=O) groups excluding carboxylic acids is 2. The Kier molecular flexibility index (Phi) is 4.74. The minimum absolute atomic E-state index is 0.00711. The predicted octanol–water partition coefficient (Wildman–Crippen LogP) is 4.95. The van der Waals surface area contributed by atoms with Crippen molar-refractivity contribution in [2.24, 2.45) is 0 Å². The number of anilines is 1. The summed E-state index contributed by atoms with van der Waals surface area (Å²) in [5, 5.41) is 11.6. The van der Waals surface area contributed by atoms with Gasteiger partial charge in [-0.1, -0.05) is 42.5 Å². The maximum Gasteiger partial charge on any atom is 0.294 e. The van der Waals surface area contributed by atoms with Gasteiger partial charge in [0, 0.05) is 17.1 Å². The average molecular weight is 469 g/mol. The molecule has 2 aliphatic heterocycles. The molecule has 0 fully saturated rings. The molecule has 1 N–H and O–H groups in total. The molecule has 0 spiro atoms. The Morgan fingerprint density at radius 3 is 2.60 bits per heavy atom. The fourth-order valence-corrected chi connectivity index (χ4v) is 4.53. The number of aliphatic hydroxyl groups is 1. The van der Waals surface area contributed by atoms with E-state index in [-0.39, 0.29) is 18.1 Å². The molecule has 8 nitrogen and oxygen atoms in total. The molecule has 3 aromatic carbocycles. The summed E-state index contributed by atoms with van der Waals surface area (Å²) in [7, 11) is 1.51. The second-order valence-corrected chi connectivity index (χ2v) is 8.11. The van der Waals surface area contributed by atoms with Crippen LogP contribution >= 0.6 is 0 Å². The zero-order valence-corrected chi connectivity index (χ0v) is 18.6. The highest BCUT2D eigenvalue weighted by Crippen LogP contribution is 2.45. The van der Waals surface area contributed by atoms with E-state index < -0.39 is 23.5 Å². The van der Waals surface area contributed by atoms with E-state index >= 15 is 0 Å². The highest BCUT2D eigenvalue weighted by atomic mass is 16.7. The number of amides is 1. The number of benzene rings is 3. The average Bonchev–Trinajstić information content (AvgIpc) is 3.60. The van der Waals surface area contributed by atoms with Crippen LogP contribution in [0.2, 0.25) is 0 Å². The van der Waals surface area contributed by atoms with Crippen LogP contribution in [0.15, 0.2) is 88.5 Å². The van der Waals surface area contributed by atoms with Gasteiger partial charge in [-0.2, -0.15) is 0 Å². The molecule has 0 bridgehead atoms. The molecule has 8 heteroatoms. The zero-order valence-electron chi connectivity index (χ0n) is 18.6. The smallest absolute Gasteiger partial charge is 0.294 e. The molecule has 6 rings (SSSR count). The quantitative estimate of drug-likeness (QED) is 0.413. The molecular weight excluding hydrogens is 450 g/mol. The largest absolute Gasteiger partial charge is 0.503 e. The molecule has 4 aromatic rings.